The van der Waals surface area contributed by atoms with Crippen molar-refractivity contribution in [3.05, 3.63) is 52.3 Å². The van der Waals surface area contributed by atoms with Crippen molar-refractivity contribution in [1.29, 1.82) is 0 Å². The second-order valence-electron chi connectivity index (χ2n) is 5.14. The number of hydrogen-bond acceptors (Lipinski definition) is 3. The largest absolute Gasteiger partial charge is 0.483 e. The van der Waals surface area contributed by atoms with Crippen LogP contribution >= 0.6 is 11.6 Å². The molecule has 2 rings (SSSR count). The second kappa shape index (κ2) is 7.88. The molecule has 6 nitrogen and oxygen atoms in total. The van der Waals surface area contributed by atoms with Crippen molar-refractivity contribution in [3.8, 4) is 5.75 Å². The van der Waals surface area contributed by atoms with Crippen LogP contribution in [-0.4, -0.2) is 30.4 Å². The zero-order valence-electron chi connectivity index (χ0n) is 13.8. The Balaban J connectivity index is 2.32. The van der Waals surface area contributed by atoms with Crippen LogP contribution < -0.4 is 15.4 Å². The number of H-pyrrole nitrogens is 1. The summed E-state index contributed by atoms with van der Waals surface area (Å²) in [6.07, 6.45) is -0.389. The van der Waals surface area contributed by atoms with Gasteiger partial charge in [-0.3, -0.25) is 9.59 Å². The summed E-state index contributed by atoms with van der Waals surface area (Å²) in [7, 11) is 1.51. The Bertz CT molecular complexity index is 742. The fourth-order valence-corrected chi connectivity index (χ4v) is 2.55. The van der Waals surface area contributed by atoms with E-state index in [-0.39, 0.29) is 29.3 Å². The highest BCUT2D eigenvalue weighted by atomic mass is 35.5. The number of halogens is 1. The summed E-state index contributed by atoms with van der Waals surface area (Å²) in [5, 5.41) is 5.77. The number of amides is 2. The summed E-state index contributed by atoms with van der Waals surface area (Å²) in [4.78, 5) is 26.8. The average Bonchev–Trinajstić information content (AvgIpc) is 2.98. The molecule has 2 aromatic rings. The van der Waals surface area contributed by atoms with E-state index in [1.807, 2.05) is 32.0 Å². The Morgan fingerprint density at radius 1 is 1.29 bits per heavy atom. The lowest BCUT2D eigenvalue weighted by Gasteiger charge is -2.16. The van der Waals surface area contributed by atoms with E-state index in [1.54, 1.807) is 6.07 Å². The number of carbonyl (C=O) groups is 2. The number of aromatic nitrogens is 1. The van der Waals surface area contributed by atoms with Crippen LogP contribution in [0.4, 0.5) is 0 Å². The number of aromatic amines is 1. The molecule has 0 spiro atoms. The molecule has 1 aromatic carbocycles. The number of carbonyl (C=O) groups excluding carboxylic acids is 2. The van der Waals surface area contributed by atoms with Crippen LogP contribution in [-0.2, 0) is 0 Å². The molecular formula is C17H20ClN3O3. The standard InChI is InChI=1S/C17H20ClN3O3/c1-4-20-16(22)13-9-14(15(21-13)17(23)19-3)24-10(2)11-7-5-6-8-12(11)18/h5-10,21H,4H2,1-3H3,(H,19,23)(H,20,22). The van der Waals surface area contributed by atoms with Crippen molar-refractivity contribution in [3.63, 3.8) is 0 Å². The first-order valence-electron chi connectivity index (χ1n) is 7.62. The van der Waals surface area contributed by atoms with Crippen molar-refractivity contribution < 1.29 is 14.3 Å². The van der Waals surface area contributed by atoms with Gasteiger partial charge >= 0.3 is 0 Å². The summed E-state index contributed by atoms with van der Waals surface area (Å²) < 4.78 is 5.89. The summed E-state index contributed by atoms with van der Waals surface area (Å²) in [5.74, 6) is -0.377. The summed E-state index contributed by atoms with van der Waals surface area (Å²) in [6, 6.07) is 8.83. The Morgan fingerprint density at radius 2 is 2.00 bits per heavy atom. The first kappa shape index (κ1) is 17.9. The molecule has 0 aliphatic carbocycles. The van der Waals surface area contributed by atoms with Crippen molar-refractivity contribution in [2.45, 2.75) is 20.0 Å². The molecule has 0 fully saturated rings. The van der Waals surface area contributed by atoms with E-state index in [4.69, 9.17) is 16.3 Å². The molecule has 24 heavy (non-hydrogen) atoms. The highest BCUT2D eigenvalue weighted by Crippen LogP contribution is 2.29. The van der Waals surface area contributed by atoms with Gasteiger partial charge in [0.05, 0.1) is 0 Å². The zero-order valence-corrected chi connectivity index (χ0v) is 14.5. The Hall–Kier alpha value is -2.47. The topological polar surface area (TPSA) is 83.2 Å². The van der Waals surface area contributed by atoms with Crippen molar-refractivity contribution in [2.75, 3.05) is 13.6 Å². The fourth-order valence-electron chi connectivity index (χ4n) is 2.26. The summed E-state index contributed by atoms with van der Waals surface area (Å²) in [6.45, 7) is 4.13. The number of ether oxygens (including phenoxy) is 1. The smallest absolute Gasteiger partial charge is 0.271 e. The van der Waals surface area contributed by atoms with Gasteiger partial charge in [0.25, 0.3) is 11.8 Å². The van der Waals surface area contributed by atoms with Gasteiger partial charge in [-0.15, -0.1) is 0 Å². The van der Waals surface area contributed by atoms with E-state index in [9.17, 15) is 9.59 Å². The average molecular weight is 350 g/mol. The van der Waals surface area contributed by atoms with E-state index in [1.165, 1.54) is 13.1 Å². The lowest BCUT2D eigenvalue weighted by atomic mass is 10.1. The number of hydrogen-bond donors (Lipinski definition) is 3. The number of nitrogens with one attached hydrogen (secondary N) is 3. The zero-order chi connectivity index (χ0) is 17.7. The Labute approximate surface area is 145 Å². The summed E-state index contributed by atoms with van der Waals surface area (Å²) >= 11 is 6.18. The fraction of sp³-hybridized carbons (Fsp3) is 0.294. The minimum Gasteiger partial charge on any atom is -0.483 e. The monoisotopic (exact) mass is 349 g/mol. The normalized spacial score (nSPS) is 11.7. The third-order valence-corrected chi connectivity index (χ3v) is 3.81. The molecule has 1 aromatic heterocycles. The van der Waals surface area contributed by atoms with Crippen LogP contribution in [0.1, 0.15) is 46.5 Å². The molecule has 7 heteroatoms. The van der Waals surface area contributed by atoms with E-state index in [2.05, 4.69) is 15.6 Å². The van der Waals surface area contributed by atoms with Gasteiger partial charge in [-0.25, -0.2) is 0 Å². The highest BCUT2D eigenvalue weighted by molar-refractivity contribution is 6.31. The van der Waals surface area contributed by atoms with Gasteiger partial charge in [0.2, 0.25) is 0 Å². The lowest BCUT2D eigenvalue weighted by Crippen LogP contribution is -2.23. The van der Waals surface area contributed by atoms with Crippen LogP contribution in [0.15, 0.2) is 30.3 Å². The molecule has 0 aliphatic rings. The molecule has 0 radical (unpaired) electrons. The molecule has 1 unspecified atom stereocenters. The first-order valence-corrected chi connectivity index (χ1v) is 8.00. The van der Waals surface area contributed by atoms with Gasteiger partial charge in [0.1, 0.15) is 17.5 Å². The van der Waals surface area contributed by atoms with Crippen molar-refractivity contribution in [1.82, 2.24) is 15.6 Å². The molecular weight excluding hydrogens is 330 g/mol. The molecule has 128 valence electrons. The number of benzene rings is 1. The van der Waals surface area contributed by atoms with Crippen LogP contribution in [0, 0.1) is 0 Å². The summed E-state index contributed by atoms with van der Waals surface area (Å²) in [5.41, 5.74) is 1.25. The van der Waals surface area contributed by atoms with E-state index < -0.39 is 0 Å². The molecule has 0 aliphatic heterocycles. The minimum absolute atomic E-state index is 0.192. The van der Waals surface area contributed by atoms with Gasteiger partial charge < -0.3 is 20.4 Å². The molecule has 0 saturated heterocycles. The minimum atomic E-state index is -0.389. The predicted molar refractivity (Wildman–Crippen MR) is 92.7 cm³/mol. The maximum Gasteiger partial charge on any atom is 0.271 e. The van der Waals surface area contributed by atoms with Crippen molar-refractivity contribution in [2.24, 2.45) is 0 Å². The Morgan fingerprint density at radius 3 is 2.62 bits per heavy atom. The van der Waals surface area contributed by atoms with Crippen LogP contribution in [0.3, 0.4) is 0 Å². The van der Waals surface area contributed by atoms with Crippen LogP contribution in [0.25, 0.3) is 0 Å². The van der Waals surface area contributed by atoms with E-state index in [0.29, 0.717) is 17.3 Å². The quantitative estimate of drug-likeness (QED) is 0.749. The maximum absolute atomic E-state index is 12.0. The Kier molecular flexibility index (Phi) is 5.87. The third-order valence-electron chi connectivity index (χ3n) is 3.46. The van der Waals surface area contributed by atoms with Gasteiger partial charge in [-0.2, -0.15) is 0 Å². The lowest BCUT2D eigenvalue weighted by molar-refractivity contribution is 0.0951. The molecule has 2 amide bonds. The van der Waals surface area contributed by atoms with Gasteiger partial charge in [-0.1, -0.05) is 29.8 Å². The highest BCUT2D eigenvalue weighted by Gasteiger charge is 2.21. The van der Waals surface area contributed by atoms with E-state index >= 15 is 0 Å². The molecule has 3 N–H and O–H groups in total. The number of rotatable bonds is 6. The third kappa shape index (κ3) is 3.89. The maximum atomic E-state index is 12.0. The molecule has 0 bridgehead atoms. The molecule has 1 heterocycles. The molecule has 1 atom stereocenters. The van der Waals surface area contributed by atoms with Crippen molar-refractivity contribution >= 4 is 23.4 Å². The van der Waals surface area contributed by atoms with Gasteiger partial charge in [0.15, 0.2) is 5.75 Å². The van der Waals surface area contributed by atoms with Crippen LogP contribution in [0.2, 0.25) is 5.02 Å². The SMILES string of the molecule is CCNC(=O)c1cc(OC(C)c2ccccc2Cl)c(C(=O)NC)[nH]1. The molecule has 0 saturated carbocycles. The van der Waals surface area contributed by atoms with Crippen LogP contribution in [0.5, 0.6) is 5.75 Å². The first-order chi connectivity index (χ1) is 11.5. The predicted octanol–water partition coefficient (Wildman–Crippen LogP) is 2.92. The second-order valence-corrected chi connectivity index (χ2v) is 5.55. The van der Waals surface area contributed by atoms with Gasteiger partial charge in [-0.05, 0) is 19.9 Å². The van der Waals surface area contributed by atoms with Gasteiger partial charge in [0, 0.05) is 30.2 Å². The van der Waals surface area contributed by atoms with E-state index in [0.717, 1.165) is 5.56 Å².